The smallest absolute Gasteiger partial charge is 0.256 e. The molecule has 1 rings (SSSR count). The summed E-state index contributed by atoms with van der Waals surface area (Å²) in [7, 11) is 1.48. The predicted octanol–water partition coefficient (Wildman–Crippen LogP) is 2.88. The molecule has 1 aromatic carbocycles. The number of carbonyl (C=O) groups excluding carboxylic acids is 1. The van der Waals surface area contributed by atoms with Crippen LogP contribution < -0.4 is 10.1 Å². The molecule has 0 spiro atoms. The van der Waals surface area contributed by atoms with Crippen LogP contribution in [0.4, 0.5) is 0 Å². The maximum atomic E-state index is 12.2. The number of hydrogen-bond donors (Lipinski definition) is 2. The van der Waals surface area contributed by atoms with E-state index in [9.17, 15) is 9.90 Å². The first-order valence-electron chi connectivity index (χ1n) is 6.66. The van der Waals surface area contributed by atoms with Gasteiger partial charge in [0.2, 0.25) is 0 Å². The quantitative estimate of drug-likeness (QED) is 0.849. The zero-order valence-electron chi connectivity index (χ0n) is 12.4. The first-order chi connectivity index (χ1) is 9.33. The number of amides is 1. The van der Waals surface area contributed by atoms with Crippen molar-refractivity contribution in [3.8, 4) is 5.75 Å². The standard InChI is InChI=1S/C15H22ClNO3/c1-5-10(2)15(3,19)9-17-14(18)13-11(16)7-6-8-12(13)20-4/h6-8,10,19H,5,9H2,1-4H3,(H,17,18). The van der Waals surface area contributed by atoms with E-state index in [4.69, 9.17) is 16.3 Å². The van der Waals surface area contributed by atoms with Gasteiger partial charge >= 0.3 is 0 Å². The van der Waals surface area contributed by atoms with Crippen LogP contribution >= 0.6 is 11.6 Å². The lowest BCUT2D eigenvalue weighted by molar-refractivity contribution is 0.00590. The predicted molar refractivity (Wildman–Crippen MR) is 80.4 cm³/mol. The maximum Gasteiger partial charge on any atom is 0.256 e. The van der Waals surface area contributed by atoms with Crippen molar-refractivity contribution in [2.45, 2.75) is 32.8 Å². The Balaban J connectivity index is 2.83. The van der Waals surface area contributed by atoms with Gasteiger partial charge in [-0.3, -0.25) is 4.79 Å². The highest BCUT2D eigenvalue weighted by Crippen LogP contribution is 2.26. The molecule has 1 amide bonds. The number of halogens is 1. The Morgan fingerprint density at radius 1 is 1.55 bits per heavy atom. The number of carbonyl (C=O) groups is 1. The van der Waals surface area contributed by atoms with Gasteiger partial charge in [0.15, 0.2) is 0 Å². The van der Waals surface area contributed by atoms with Crippen molar-refractivity contribution in [3.63, 3.8) is 0 Å². The Morgan fingerprint density at radius 3 is 2.75 bits per heavy atom. The number of hydrogen-bond acceptors (Lipinski definition) is 3. The van der Waals surface area contributed by atoms with E-state index in [1.165, 1.54) is 7.11 Å². The largest absolute Gasteiger partial charge is 0.496 e. The van der Waals surface area contributed by atoms with E-state index in [0.29, 0.717) is 10.8 Å². The van der Waals surface area contributed by atoms with E-state index < -0.39 is 5.60 Å². The number of rotatable bonds is 6. The molecule has 20 heavy (non-hydrogen) atoms. The van der Waals surface area contributed by atoms with Gasteiger partial charge in [-0.25, -0.2) is 0 Å². The average Bonchev–Trinajstić information content (AvgIpc) is 2.43. The lowest BCUT2D eigenvalue weighted by Crippen LogP contribution is -2.45. The highest BCUT2D eigenvalue weighted by atomic mass is 35.5. The first-order valence-corrected chi connectivity index (χ1v) is 7.04. The third-order valence-electron chi connectivity index (χ3n) is 3.70. The van der Waals surface area contributed by atoms with Gasteiger partial charge in [0.05, 0.1) is 23.3 Å². The fraction of sp³-hybridized carbons (Fsp3) is 0.533. The van der Waals surface area contributed by atoms with Crippen LogP contribution in [0.2, 0.25) is 5.02 Å². The molecular formula is C15H22ClNO3. The molecule has 0 aromatic heterocycles. The zero-order chi connectivity index (χ0) is 15.3. The molecule has 5 heteroatoms. The molecule has 0 saturated heterocycles. The zero-order valence-corrected chi connectivity index (χ0v) is 13.1. The Hall–Kier alpha value is -1.26. The third kappa shape index (κ3) is 3.87. The van der Waals surface area contributed by atoms with Crippen LogP contribution in [0.15, 0.2) is 18.2 Å². The SMILES string of the molecule is CCC(C)C(C)(O)CNC(=O)c1c(Cl)cccc1OC. The Bertz CT molecular complexity index is 474. The topological polar surface area (TPSA) is 58.6 Å². The minimum Gasteiger partial charge on any atom is -0.496 e. The summed E-state index contributed by atoms with van der Waals surface area (Å²) >= 11 is 6.04. The number of benzene rings is 1. The number of nitrogens with one attached hydrogen (secondary N) is 1. The normalized spacial score (nSPS) is 15.3. The fourth-order valence-corrected chi connectivity index (χ4v) is 2.11. The van der Waals surface area contributed by atoms with Crippen molar-refractivity contribution in [3.05, 3.63) is 28.8 Å². The minimum absolute atomic E-state index is 0.0796. The van der Waals surface area contributed by atoms with E-state index in [0.717, 1.165) is 6.42 Å². The van der Waals surface area contributed by atoms with Gasteiger partial charge in [0.1, 0.15) is 5.75 Å². The van der Waals surface area contributed by atoms with Crippen LogP contribution in [-0.2, 0) is 0 Å². The van der Waals surface area contributed by atoms with E-state index >= 15 is 0 Å². The second-order valence-corrected chi connectivity index (χ2v) is 5.57. The van der Waals surface area contributed by atoms with Crippen LogP contribution in [0, 0.1) is 5.92 Å². The highest BCUT2D eigenvalue weighted by Gasteiger charge is 2.28. The summed E-state index contributed by atoms with van der Waals surface area (Å²) in [6.45, 7) is 5.82. The Morgan fingerprint density at radius 2 is 2.20 bits per heavy atom. The van der Waals surface area contributed by atoms with Gasteiger partial charge in [0.25, 0.3) is 5.91 Å². The summed E-state index contributed by atoms with van der Waals surface area (Å²) in [6.07, 6.45) is 0.832. The van der Waals surface area contributed by atoms with Crippen molar-refractivity contribution >= 4 is 17.5 Å². The number of methoxy groups -OCH3 is 1. The maximum absolute atomic E-state index is 12.2. The second kappa shape index (κ2) is 6.95. The number of ether oxygens (including phenoxy) is 1. The summed E-state index contributed by atoms with van der Waals surface area (Å²) in [6, 6.07) is 5.02. The molecule has 0 aliphatic rings. The van der Waals surface area contributed by atoms with Gasteiger partial charge in [0, 0.05) is 6.54 Å². The lowest BCUT2D eigenvalue weighted by Gasteiger charge is -2.29. The molecule has 1 aromatic rings. The molecule has 2 unspecified atom stereocenters. The van der Waals surface area contributed by atoms with Crippen molar-refractivity contribution in [2.24, 2.45) is 5.92 Å². The van der Waals surface area contributed by atoms with Gasteiger partial charge < -0.3 is 15.2 Å². The molecular weight excluding hydrogens is 278 g/mol. The van der Waals surface area contributed by atoms with Crippen molar-refractivity contribution < 1.29 is 14.6 Å². The van der Waals surface area contributed by atoms with Crippen molar-refractivity contribution in [1.82, 2.24) is 5.32 Å². The lowest BCUT2D eigenvalue weighted by atomic mass is 9.88. The molecule has 0 aliphatic carbocycles. The van der Waals surface area contributed by atoms with Gasteiger partial charge in [-0.1, -0.05) is 37.9 Å². The Labute approximate surface area is 125 Å². The summed E-state index contributed by atoms with van der Waals surface area (Å²) in [5.41, 5.74) is -0.671. The summed E-state index contributed by atoms with van der Waals surface area (Å²) in [5, 5.41) is 13.3. The van der Waals surface area contributed by atoms with Crippen LogP contribution in [0.1, 0.15) is 37.6 Å². The van der Waals surface area contributed by atoms with E-state index in [1.807, 2.05) is 13.8 Å². The molecule has 0 saturated carbocycles. The molecule has 2 N–H and O–H groups in total. The summed E-state index contributed by atoms with van der Waals surface area (Å²) in [4.78, 5) is 12.2. The monoisotopic (exact) mass is 299 g/mol. The first kappa shape index (κ1) is 16.8. The Kier molecular flexibility index (Phi) is 5.84. The van der Waals surface area contributed by atoms with Crippen LogP contribution in [0.5, 0.6) is 5.75 Å². The molecule has 112 valence electrons. The molecule has 0 radical (unpaired) electrons. The number of aliphatic hydroxyl groups is 1. The summed E-state index contributed by atoms with van der Waals surface area (Å²) < 4.78 is 5.14. The average molecular weight is 300 g/mol. The van der Waals surface area contributed by atoms with E-state index in [2.05, 4.69) is 5.32 Å². The van der Waals surface area contributed by atoms with E-state index in [1.54, 1.807) is 25.1 Å². The van der Waals surface area contributed by atoms with Crippen molar-refractivity contribution in [2.75, 3.05) is 13.7 Å². The third-order valence-corrected chi connectivity index (χ3v) is 4.02. The van der Waals surface area contributed by atoms with Gasteiger partial charge in [-0.15, -0.1) is 0 Å². The van der Waals surface area contributed by atoms with Gasteiger partial charge in [-0.05, 0) is 25.0 Å². The molecule has 0 heterocycles. The van der Waals surface area contributed by atoms with E-state index in [-0.39, 0.29) is 23.9 Å². The van der Waals surface area contributed by atoms with Gasteiger partial charge in [-0.2, -0.15) is 0 Å². The molecule has 2 atom stereocenters. The van der Waals surface area contributed by atoms with Crippen LogP contribution in [-0.4, -0.2) is 30.3 Å². The fourth-order valence-electron chi connectivity index (χ4n) is 1.86. The van der Waals surface area contributed by atoms with Crippen LogP contribution in [0.3, 0.4) is 0 Å². The minimum atomic E-state index is -0.959. The highest BCUT2D eigenvalue weighted by molar-refractivity contribution is 6.34. The second-order valence-electron chi connectivity index (χ2n) is 5.17. The molecule has 4 nitrogen and oxygen atoms in total. The molecule has 0 bridgehead atoms. The summed E-state index contributed by atoms with van der Waals surface area (Å²) in [5.74, 6) is 0.144. The molecule has 0 aliphatic heterocycles. The molecule has 0 fully saturated rings. The van der Waals surface area contributed by atoms with Crippen molar-refractivity contribution in [1.29, 1.82) is 0 Å². The van der Waals surface area contributed by atoms with Crippen LogP contribution in [0.25, 0.3) is 0 Å².